The molecule has 1 saturated carbocycles. The Bertz CT molecular complexity index is 793. The minimum Gasteiger partial charge on any atom is -0.461 e. The molecule has 1 fully saturated rings. The van der Waals surface area contributed by atoms with Crippen molar-refractivity contribution in [1.82, 2.24) is 9.78 Å². The second-order valence-electron chi connectivity index (χ2n) is 6.67. The van der Waals surface area contributed by atoms with Gasteiger partial charge in [-0.25, -0.2) is 4.79 Å². The van der Waals surface area contributed by atoms with E-state index in [2.05, 4.69) is 15.3 Å². The SMILES string of the molecule is CCOC(=O)c1c(/N=N/c2ccccc2)c([C@H]2CC[C@@H](OC)CC2)nn1C. The minimum atomic E-state index is -0.425. The summed E-state index contributed by atoms with van der Waals surface area (Å²) in [7, 11) is 3.50. The first kappa shape index (κ1) is 19.2. The third kappa shape index (κ3) is 4.42. The maximum absolute atomic E-state index is 12.5. The lowest BCUT2D eigenvalue weighted by Crippen LogP contribution is -2.19. The molecule has 0 amide bonds. The van der Waals surface area contributed by atoms with Crippen LogP contribution in [0, 0.1) is 0 Å². The molecule has 0 N–H and O–H groups in total. The van der Waals surface area contributed by atoms with Crippen molar-refractivity contribution in [2.24, 2.45) is 17.3 Å². The van der Waals surface area contributed by atoms with Crippen LogP contribution < -0.4 is 0 Å². The lowest BCUT2D eigenvalue weighted by Gasteiger charge is -2.26. The minimum absolute atomic E-state index is 0.232. The van der Waals surface area contributed by atoms with Gasteiger partial charge in [-0.1, -0.05) is 18.2 Å². The molecular formula is C20H26N4O3. The third-order valence-electron chi connectivity index (χ3n) is 4.93. The van der Waals surface area contributed by atoms with E-state index in [0.29, 0.717) is 24.1 Å². The van der Waals surface area contributed by atoms with Crippen molar-refractivity contribution in [3.05, 3.63) is 41.7 Å². The van der Waals surface area contributed by atoms with Crippen LogP contribution in [-0.4, -0.2) is 35.6 Å². The van der Waals surface area contributed by atoms with E-state index in [9.17, 15) is 4.79 Å². The van der Waals surface area contributed by atoms with E-state index in [0.717, 1.165) is 37.1 Å². The van der Waals surface area contributed by atoms with Crippen LogP contribution in [0.5, 0.6) is 0 Å². The molecule has 0 unspecified atom stereocenters. The summed E-state index contributed by atoms with van der Waals surface area (Å²) in [5, 5.41) is 13.4. The van der Waals surface area contributed by atoms with Gasteiger partial charge < -0.3 is 9.47 Å². The Morgan fingerprint density at radius 1 is 1.19 bits per heavy atom. The van der Waals surface area contributed by atoms with E-state index >= 15 is 0 Å². The molecule has 1 aliphatic carbocycles. The highest BCUT2D eigenvalue weighted by Crippen LogP contribution is 2.40. The van der Waals surface area contributed by atoms with Crippen molar-refractivity contribution in [2.45, 2.75) is 44.6 Å². The Morgan fingerprint density at radius 2 is 1.89 bits per heavy atom. The predicted molar refractivity (Wildman–Crippen MR) is 102 cm³/mol. The van der Waals surface area contributed by atoms with Crippen LogP contribution in [0.4, 0.5) is 11.4 Å². The molecule has 27 heavy (non-hydrogen) atoms. The van der Waals surface area contributed by atoms with Crippen LogP contribution in [-0.2, 0) is 16.5 Å². The Hall–Kier alpha value is -2.54. The monoisotopic (exact) mass is 370 g/mol. The van der Waals surface area contributed by atoms with E-state index in [1.165, 1.54) is 0 Å². The fraction of sp³-hybridized carbons (Fsp3) is 0.500. The Labute approximate surface area is 159 Å². The molecule has 1 aliphatic rings. The Kier molecular flexibility index (Phi) is 6.34. The zero-order valence-corrected chi connectivity index (χ0v) is 16.1. The maximum atomic E-state index is 12.5. The van der Waals surface area contributed by atoms with Gasteiger partial charge in [-0.2, -0.15) is 10.2 Å². The quantitative estimate of drug-likeness (QED) is 0.546. The average Bonchev–Trinajstić information content (AvgIpc) is 3.03. The molecule has 0 radical (unpaired) electrons. The van der Waals surface area contributed by atoms with Gasteiger partial charge in [-0.3, -0.25) is 4.68 Å². The van der Waals surface area contributed by atoms with Crippen LogP contribution in [0.15, 0.2) is 40.6 Å². The Morgan fingerprint density at radius 3 is 2.52 bits per heavy atom. The number of benzene rings is 1. The van der Waals surface area contributed by atoms with Gasteiger partial charge in [-0.15, -0.1) is 5.11 Å². The second-order valence-corrected chi connectivity index (χ2v) is 6.67. The van der Waals surface area contributed by atoms with Crippen molar-refractivity contribution in [3.63, 3.8) is 0 Å². The standard InChI is InChI=1S/C20H26N4O3/c1-4-27-20(25)19-18(22-21-15-8-6-5-7-9-15)17(23-24(19)2)14-10-12-16(26-3)13-11-14/h5-9,14,16H,4,10-13H2,1-3H3/b22-21+/t14-,16+. The predicted octanol–water partition coefficient (Wildman–Crippen LogP) is 4.68. The van der Waals surface area contributed by atoms with E-state index in [1.54, 1.807) is 25.8 Å². The van der Waals surface area contributed by atoms with Crippen molar-refractivity contribution in [2.75, 3.05) is 13.7 Å². The van der Waals surface area contributed by atoms with Gasteiger partial charge >= 0.3 is 5.97 Å². The second kappa shape index (κ2) is 8.90. The summed E-state index contributed by atoms with van der Waals surface area (Å²) >= 11 is 0. The van der Waals surface area contributed by atoms with Gasteiger partial charge in [0.05, 0.1) is 24.1 Å². The summed E-state index contributed by atoms with van der Waals surface area (Å²) in [4.78, 5) is 12.5. The van der Waals surface area contributed by atoms with E-state index in [-0.39, 0.29) is 5.92 Å². The first-order chi connectivity index (χ1) is 13.1. The molecule has 1 heterocycles. The highest BCUT2D eigenvalue weighted by molar-refractivity contribution is 5.93. The van der Waals surface area contributed by atoms with Crippen molar-refractivity contribution >= 4 is 17.3 Å². The molecule has 7 heteroatoms. The fourth-order valence-corrected chi connectivity index (χ4v) is 3.51. The number of carbonyl (C=O) groups is 1. The van der Waals surface area contributed by atoms with Crippen molar-refractivity contribution in [1.29, 1.82) is 0 Å². The molecule has 0 spiro atoms. The number of aryl methyl sites for hydroxylation is 1. The summed E-state index contributed by atoms with van der Waals surface area (Å²) in [6.07, 6.45) is 4.14. The summed E-state index contributed by atoms with van der Waals surface area (Å²) in [5.41, 5.74) is 2.40. The summed E-state index contributed by atoms with van der Waals surface area (Å²) < 4.78 is 12.2. The molecule has 1 aromatic heterocycles. The number of nitrogens with zero attached hydrogens (tertiary/aromatic N) is 4. The highest BCUT2D eigenvalue weighted by atomic mass is 16.5. The van der Waals surface area contributed by atoms with Gasteiger partial charge in [0.2, 0.25) is 0 Å². The lowest BCUT2D eigenvalue weighted by atomic mass is 9.84. The number of carbonyl (C=O) groups excluding carboxylic acids is 1. The molecular weight excluding hydrogens is 344 g/mol. The first-order valence-corrected chi connectivity index (χ1v) is 9.37. The topological polar surface area (TPSA) is 78.1 Å². The molecule has 1 aromatic carbocycles. The number of esters is 1. The van der Waals surface area contributed by atoms with Gasteiger partial charge in [0.1, 0.15) is 5.69 Å². The van der Waals surface area contributed by atoms with E-state index in [1.807, 2.05) is 30.3 Å². The number of rotatable bonds is 6. The van der Waals surface area contributed by atoms with Crippen molar-refractivity contribution in [3.8, 4) is 0 Å². The van der Waals surface area contributed by atoms with Crippen LogP contribution in [0.25, 0.3) is 0 Å². The zero-order chi connectivity index (χ0) is 19.2. The average molecular weight is 370 g/mol. The molecule has 0 aliphatic heterocycles. The molecule has 144 valence electrons. The maximum Gasteiger partial charge on any atom is 0.358 e. The van der Waals surface area contributed by atoms with E-state index in [4.69, 9.17) is 9.47 Å². The molecule has 3 rings (SSSR count). The van der Waals surface area contributed by atoms with Gasteiger partial charge in [0, 0.05) is 20.1 Å². The Balaban J connectivity index is 1.96. The van der Waals surface area contributed by atoms with E-state index < -0.39 is 5.97 Å². The van der Waals surface area contributed by atoms with Gasteiger partial charge in [-0.05, 0) is 44.7 Å². The fourth-order valence-electron chi connectivity index (χ4n) is 3.51. The summed E-state index contributed by atoms with van der Waals surface area (Å²) in [5.74, 6) is -0.193. The lowest BCUT2D eigenvalue weighted by molar-refractivity contribution is 0.0514. The molecule has 0 saturated heterocycles. The number of methoxy groups -OCH3 is 1. The number of aromatic nitrogens is 2. The highest BCUT2D eigenvalue weighted by Gasteiger charge is 2.31. The first-order valence-electron chi connectivity index (χ1n) is 9.37. The van der Waals surface area contributed by atoms with Crippen molar-refractivity contribution < 1.29 is 14.3 Å². The van der Waals surface area contributed by atoms with Crippen LogP contribution in [0.2, 0.25) is 0 Å². The summed E-state index contributed by atoms with van der Waals surface area (Å²) in [6.45, 7) is 2.08. The zero-order valence-electron chi connectivity index (χ0n) is 16.1. The normalized spacial score (nSPS) is 20.1. The van der Waals surface area contributed by atoms with Crippen LogP contribution in [0.3, 0.4) is 0 Å². The largest absolute Gasteiger partial charge is 0.461 e. The summed E-state index contributed by atoms with van der Waals surface area (Å²) in [6, 6.07) is 9.46. The molecule has 0 atom stereocenters. The molecule has 7 nitrogen and oxygen atoms in total. The molecule has 2 aromatic rings. The van der Waals surface area contributed by atoms with Gasteiger partial charge in [0.25, 0.3) is 0 Å². The number of hydrogen-bond donors (Lipinski definition) is 0. The van der Waals surface area contributed by atoms with Gasteiger partial charge in [0.15, 0.2) is 5.69 Å². The third-order valence-corrected chi connectivity index (χ3v) is 4.93. The number of ether oxygens (including phenoxy) is 2. The van der Waals surface area contributed by atoms with Crippen LogP contribution in [0.1, 0.15) is 54.7 Å². The van der Waals surface area contributed by atoms with Crippen LogP contribution >= 0.6 is 0 Å². The number of azo groups is 1. The number of hydrogen-bond acceptors (Lipinski definition) is 6. The smallest absolute Gasteiger partial charge is 0.358 e. The molecule has 0 bridgehead atoms.